The molecular weight excluding hydrogens is 216 g/mol. The zero-order chi connectivity index (χ0) is 12.5. The predicted octanol–water partition coefficient (Wildman–Crippen LogP) is 1.45. The summed E-state index contributed by atoms with van der Waals surface area (Å²) < 4.78 is 5.75. The Labute approximate surface area is 104 Å². The lowest BCUT2D eigenvalue weighted by Crippen LogP contribution is -2.38. The summed E-state index contributed by atoms with van der Waals surface area (Å²) in [5.74, 6) is 0.0534. The fraction of sp³-hybridized carbons (Fsp3) is 0.923. The van der Waals surface area contributed by atoms with E-state index in [-0.39, 0.29) is 11.9 Å². The van der Waals surface area contributed by atoms with Crippen molar-refractivity contribution in [3.63, 3.8) is 0 Å². The SMILES string of the molecule is CC(C)NC(=O)CNCCOC1CCCCC1. The van der Waals surface area contributed by atoms with Crippen LogP contribution in [0.15, 0.2) is 0 Å². The first kappa shape index (κ1) is 14.5. The zero-order valence-electron chi connectivity index (χ0n) is 11.1. The quantitative estimate of drug-likeness (QED) is 0.664. The second kappa shape index (κ2) is 8.48. The third-order valence-electron chi connectivity index (χ3n) is 2.92. The second-order valence-electron chi connectivity index (χ2n) is 5.03. The Kier molecular flexibility index (Phi) is 7.21. The van der Waals surface area contributed by atoms with Crippen molar-refractivity contribution in [3.8, 4) is 0 Å². The second-order valence-corrected chi connectivity index (χ2v) is 5.03. The Morgan fingerprint density at radius 3 is 2.65 bits per heavy atom. The fourth-order valence-electron chi connectivity index (χ4n) is 2.10. The van der Waals surface area contributed by atoms with Gasteiger partial charge < -0.3 is 15.4 Å². The maximum absolute atomic E-state index is 11.3. The molecule has 1 fully saturated rings. The highest BCUT2D eigenvalue weighted by atomic mass is 16.5. The van der Waals surface area contributed by atoms with Crippen LogP contribution in [0, 0.1) is 0 Å². The maximum atomic E-state index is 11.3. The van der Waals surface area contributed by atoms with E-state index in [0.29, 0.717) is 19.3 Å². The van der Waals surface area contributed by atoms with Gasteiger partial charge in [0.2, 0.25) is 5.91 Å². The van der Waals surface area contributed by atoms with Gasteiger partial charge in [0, 0.05) is 12.6 Å². The van der Waals surface area contributed by atoms with Gasteiger partial charge in [0.15, 0.2) is 0 Å². The number of carbonyl (C=O) groups excluding carboxylic acids is 1. The maximum Gasteiger partial charge on any atom is 0.234 e. The van der Waals surface area contributed by atoms with Gasteiger partial charge in [0.05, 0.1) is 19.3 Å². The van der Waals surface area contributed by atoms with E-state index in [1.807, 2.05) is 13.8 Å². The highest BCUT2D eigenvalue weighted by molar-refractivity contribution is 5.78. The minimum Gasteiger partial charge on any atom is -0.377 e. The molecule has 0 bridgehead atoms. The van der Waals surface area contributed by atoms with Crippen LogP contribution in [0.25, 0.3) is 0 Å². The summed E-state index contributed by atoms with van der Waals surface area (Å²) in [5, 5.41) is 5.93. The zero-order valence-corrected chi connectivity index (χ0v) is 11.1. The lowest BCUT2D eigenvalue weighted by Gasteiger charge is -2.22. The molecule has 0 spiro atoms. The van der Waals surface area contributed by atoms with Gasteiger partial charge in [-0.1, -0.05) is 19.3 Å². The first-order valence-corrected chi connectivity index (χ1v) is 6.80. The van der Waals surface area contributed by atoms with Gasteiger partial charge in [-0.2, -0.15) is 0 Å². The van der Waals surface area contributed by atoms with E-state index < -0.39 is 0 Å². The number of carbonyl (C=O) groups is 1. The van der Waals surface area contributed by atoms with Gasteiger partial charge >= 0.3 is 0 Å². The summed E-state index contributed by atoms with van der Waals surface area (Å²) in [6.07, 6.45) is 6.81. The van der Waals surface area contributed by atoms with Crippen molar-refractivity contribution < 1.29 is 9.53 Å². The van der Waals surface area contributed by atoms with Crippen LogP contribution in [0.3, 0.4) is 0 Å². The Hall–Kier alpha value is -0.610. The van der Waals surface area contributed by atoms with Crippen LogP contribution in [0.1, 0.15) is 46.0 Å². The first-order chi connectivity index (χ1) is 8.18. The van der Waals surface area contributed by atoms with E-state index >= 15 is 0 Å². The van der Waals surface area contributed by atoms with Crippen molar-refractivity contribution in [2.45, 2.75) is 58.1 Å². The normalized spacial score (nSPS) is 17.4. The monoisotopic (exact) mass is 242 g/mol. The summed E-state index contributed by atoms with van der Waals surface area (Å²) in [6.45, 7) is 5.77. The van der Waals surface area contributed by atoms with Gasteiger partial charge in [-0.05, 0) is 26.7 Å². The van der Waals surface area contributed by atoms with Gasteiger partial charge in [-0.25, -0.2) is 0 Å². The van der Waals surface area contributed by atoms with Crippen molar-refractivity contribution in [3.05, 3.63) is 0 Å². The van der Waals surface area contributed by atoms with E-state index in [9.17, 15) is 4.79 Å². The summed E-state index contributed by atoms with van der Waals surface area (Å²) in [4.78, 5) is 11.3. The number of hydrogen-bond acceptors (Lipinski definition) is 3. The first-order valence-electron chi connectivity index (χ1n) is 6.80. The number of amides is 1. The van der Waals surface area contributed by atoms with E-state index in [1.165, 1.54) is 32.1 Å². The summed E-state index contributed by atoms with van der Waals surface area (Å²) in [5.41, 5.74) is 0. The predicted molar refractivity (Wildman–Crippen MR) is 69.0 cm³/mol. The Bertz CT molecular complexity index is 213. The molecule has 1 saturated carbocycles. The molecule has 100 valence electrons. The minimum atomic E-state index is 0.0534. The third kappa shape index (κ3) is 7.34. The molecular formula is C13H26N2O2. The molecule has 1 aliphatic rings. The molecule has 4 nitrogen and oxygen atoms in total. The summed E-state index contributed by atoms with van der Waals surface area (Å²) in [7, 11) is 0. The van der Waals surface area contributed by atoms with Gasteiger partial charge in [-0.15, -0.1) is 0 Å². The number of rotatable bonds is 7. The standard InChI is InChI=1S/C13H26N2O2/c1-11(2)15-13(16)10-14-8-9-17-12-6-4-3-5-7-12/h11-12,14H,3-10H2,1-2H3,(H,15,16). The molecule has 17 heavy (non-hydrogen) atoms. The molecule has 1 amide bonds. The van der Waals surface area contributed by atoms with Crippen LogP contribution in [-0.4, -0.2) is 37.7 Å². The molecule has 0 atom stereocenters. The van der Waals surface area contributed by atoms with Crippen LogP contribution in [0.5, 0.6) is 0 Å². The van der Waals surface area contributed by atoms with Crippen LogP contribution >= 0.6 is 0 Å². The van der Waals surface area contributed by atoms with Crippen LogP contribution in [-0.2, 0) is 9.53 Å². The van der Waals surface area contributed by atoms with Crippen molar-refractivity contribution in [2.24, 2.45) is 0 Å². The number of nitrogens with one attached hydrogen (secondary N) is 2. The van der Waals surface area contributed by atoms with Gasteiger partial charge in [0.1, 0.15) is 0 Å². The number of ether oxygens (including phenoxy) is 1. The van der Waals surface area contributed by atoms with Crippen LogP contribution < -0.4 is 10.6 Å². The summed E-state index contributed by atoms with van der Waals surface area (Å²) in [6, 6.07) is 0.211. The fourth-order valence-corrected chi connectivity index (χ4v) is 2.10. The molecule has 0 aliphatic heterocycles. The van der Waals surface area contributed by atoms with E-state index in [4.69, 9.17) is 4.74 Å². The Balaban J connectivity index is 1.91. The van der Waals surface area contributed by atoms with E-state index in [0.717, 1.165) is 6.54 Å². The third-order valence-corrected chi connectivity index (χ3v) is 2.92. The van der Waals surface area contributed by atoms with Crippen molar-refractivity contribution in [1.29, 1.82) is 0 Å². The molecule has 0 radical (unpaired) electrons. The topological polar surface area (TPSA) is 50.4 Å². The van der Waals surface area contributed by atoms with Crippen molar-refractivity contribution in [1.82, 2.24) is 10.6 Å². The molecule has 1 aliphatic carbocycles. The highest BCUT2D eigenvalue weighted by Crippen LogP contribution is 2.19. The molecule has 0 aromatic heterocycles. The van der Waals surface area contributed by atoms with Crippen molar-refractivity contribution >= 4 is 5.91 Å². The Morgan fingerprint density at radius 2 is 2.00 bits per heavy atom. The molecule has 0 unspecified atom stereocenters. The molecule has 0 saturated heterocycles. The molecule has 2 N–H and O–H groups in total. The average Bonchev–Trinajstić information content (AvgIpc) is 2.29. The van der Waals surface area contributed by atoms with Crippen LogP contribution in [0.2, 0.25) is 0 Å². The van der Waals surface area contributed by atoms with Gasteiger partial charge in [0.25, 0.3) is 0 Å². The smallest absolute Gasteiger partial charge is 0.234 e. The summed E-state index contributed by atoms with van der Waals surface area (Å²) >= 11 is 0. The van der Waals surface area contributed by atoms with E-state index in [1.54, 1.807) is 0 Å². The van der Waals surface area contributed by atoms with E-state index in [2.05, 4.69) is 10.6 Å². The molecule has 0 heterocycles. The van der Waals surface area contributed by atoms with Gasteiger partial charge in [-0.3, -0.25) is 4.79 Å². The Morgan fingerprint density at radius 1 is 1.29 bits per heavy atom. The molecule has 0 aromatic carbocycles. The molecule has 0 aromatic rings. The largest absolute Gasteiger partial charge is 0.377 e. The van der Waals surface area contributed by atoms with Crippen molar-refractivity contribution in [2.75, 3.05) is 19.7 Å². The molecule has 4 heteroatoms. The highest BCUT2D eigenvalue weighted by Gasteiger charge is 2.12. The number of hydrogen-bond donors (Lipinski definition) is 2. The van der Waals surface area contributed by atoms with Crippen LogP contribution in [0.4, 0.5) is 0 Å². The lowest BCUT2D eigenvalue weighted by atomic mass is 9.98. The lowest BCUT2D eigenvalue weighted by molar-refractivity contribution is -0.120. The minimum absolute atomic E-state index is 0.0534. The average molecular weight is 242 g/mol. The molecule has 1 rings (SSSR count).